The Hall–Kier alpha value is -2.55. The molecule has 0 aromatic carbocycles. The molecule has 3 heteroatoms. The lowest BCUT2D eigenvalue weighted by Gasteiger charge is -2.19. The molecule has 0 fully saturated rings. The molecular weight excluding hydrogens is 286 g/mol. The number of allylic oxidation sites excluding steroid dienone is 12. The van der Waals surface area contributed by atoms with Gasteiger partial charge in [-0.2, -0.15) is 0 Å². The minimum absolute atomic E-state index is 0.489. The summed E-state index contributed by atoms with van der Waals surface area (Å²) in [4.78, 5) is 11.8. The molecule has 23 heavy (non-hydrogen) atoms. The first kappa shape index (κ1) is 20.5. The van der Waals surface area contributed by atoms with Gasteiger partial charge in [0.05, 0.1) is 0 Å². The number of alkyl carbamates (subject to hydrolysis) is 1. The molecule has 0 radical (unpaired) electrons. The van der Waals surface area contributed by atoms with Gasteiger partial charge in [0.2, 0.25) is 0 Å². The highest BCUT2D eigenvalue weighted by Gasteiger charge is 2.16. The standard InChI is InChI=1S/C20H27NO2/c1-6-8-10-11-12-13-15-17-18(16-14-9-7-2)21-19(22)23-20(3,4)5/h6-17H,2H2,1,3-5H3,(H,21,22). The van der Waals surface area contributed by atoms with Crippen LogP contribution in [-0.4, -0.2) is 11.7 Å². The minimum atomic E-state index is -0.534. The summed E-state index contributed by atoms with van der Waals surface area (Å²) in [5, 5.41) is 2.71. The molecule has 0 aromatic rings. The van der Waals surface area contributed by atoms with E-state index in [9.17, 15) is 4.79 Å². The molecule has 0 aliphatic rings. The van der Waals surface area contributed by atoms with Crippen LogP contribution in [0.2, 0.25) is 0 Å². The van der Waals surface area contributed by atoms with Gasteiger partial charge < -0.3 is 4.74 Å². The first-order valence-corrected chi connectivity index (χ1v) is 7.51. The highest BCUT2D eigenvalue weighted by molar-refractivity contribution is 5.70. The Morgan fingerprint density at radius 1 is 0.957 bits per heavy atom. The van der Waals surface area contributed by atoms with Crippen LogP contribution in [0.1, 0.15) is 27.7 Å². The Morgan fingerprint density at radius 2 is 1.57 bits per heavy atom. The van der Waals surface area contributed by atoms with E-state index < -0.39 is 11.7 Å². The molecule has 0 saturated heterocycles. The predicted molar refractivity (Wildman–Crippen MR) is 99.0 cm³/mol. The van der Waals surface area contributed by atoms with Gasteiger partial charge in [-0.3, -0.25) is 5.32 Å². The van der Waals surface area contributed by atoms with Crippen LogP contribution in [0, 0.1) is 0 Å². The fraction of sp³-hybridized carbons (Fsp3) is 0.250. The number of carbonyl (C=O) groups is 1. The van der Waals surface area contributed by atoms with Crippen molar-refractivity contribution in [3.8, 4) is 0 Å². The number of ether oxygens (including phenoxy) is 1. The lowest BCUT2D eigenvalue weighted by Crippen LogP contribution is -2.31. The Labute approximate surface area is 140 Å². The summed E-state index contributed by atoms with van der Waals surface area (Å²) in [6, 6.07) is 0. The van der Waals surface area contributed by atoms with Crippen molar-refractivity contribution in [2.45, 2.75) is 33.3 Å². The van der Waals surface area contributed by atoms with Crippen LogP contribution in [0.4, 0.5) is 4.79 Å². The third-order valence-electron chi connectivity index (χ3n) is 2.19. The van der Waals surface area contributed by atoms with Crippen molar-refractivity contribution >= 4 is 6.09 Å². The van der Waals surface area contributed by atoms with E-state index >= 15 is 0 Å². The number of rotatable bonds is 7. The van der Waals surface area contributed by atoms with E-state index in [2.05, 4.69) is 11.9 Å². The van der Waals surface area contributed by atoms with Gasteiger partial charge in [-0.05, 0) is 39.8 Å². The molecule has 0 unspecified atom stereocenters. The molecule has 3 nitrogen and oxygen atoms in total. The molecule has 0 spiro atoms. The molecule has 0 aromatic heterocycles. The van der Waals surface area contributed by atoms with Gasteiger partial charge in [0, 0.05) is 5.70 Å². The zero-order chi connectivity index (χ0) is 17.6. The van der Waals surface area contributed by atoms with Gasteiger partial charge >= 0.3 is 6.09 Å². The number of carbonyl (C=O) groups excluding carboxylic acids is 1. The molecule has 1 N–H and O–H groups in total. The fourth-order valence-corrected chi connectivity index (χ4v) is 1.33. The number of hydrogen-bond acceptors (Lipinski definition) is 2. The smallest absolute Gasteiger partial charge is 0.412 e. The van der Waals surface area contributed by atoms with Gasteiger partial charge in [-0.15, -0.1) is 0 Å². The Bertz CT molecular complexity index is 538. The summed E-state index contributed by atoms with van der Waals surface area (Å²) in [5.41, 5.74) is 0.0901. The van der Waals surface area contributed by atoms with Crippen LogP contribution in [0.25, 0.3) is 0 Å². The normalized spacial score (nSPS) is 13.8. The Kier molecular flexibility index (Phi) is 10.7. The average Bonchev–Trinajstić information content (AvgIpc) is 2.44. The second kappa shape index (κ2) is 12.0. The molecule has 0 saturated carbocycles. The van der Waals surface area contributed by atoms with E-state index in [-0.39, 0.29) is 0 Å². The highest BCUT2D eigenvalue weighted by atomic mass is 16.6. The second-order valence-corrected chi connectivity index (χ2v) is 5.52. The molecule has 1 amide bonds. The van der Waals surface area contributed by atoms with E-state index in [1.807, 2.05) is 70.2 Å². The molecule has 0 atom stereocenters. The topological polar surface area (TPSA) is 38.3 Å². The minimum Gasteiger partial charge on any atom is -0.444 e. The Morgan fingerprint density at radius 3 is 2.13 bits per heavy atom. The van der Waals surface area contributed by atoms with Gasteiger partial charge in [0.1, 0.15) is 5.60 Å². The highest BCUT2D eigenvalue weighted by Crippen LogP contribution is 2.07. The summed E-state index contributed by atoms with van der Waals surface area (Å²) in [6.45, 7) is 11.0. The van der Waals surface area contributed by atoms with E-state index in [0.717, 1.165) is 0 Å². The van der Waals surface area contributed by atoms with E-state index in [4.69, 9.17) is 4.74 Å². The SMILES string of the molecule is C=CC=CC=C(C=CC=CC=CC=CC)NC(=O)OC(C)(C)C. The average molecular weight is 313 g/mol. The first-order valence-electron chi connectivity index (χ1n) is 7.51. The van der Waals surface area contributed by atoms with E-state index in [1.165, 1.54) is 0 Å². The van der Waals surface area contributed by atoms with Crippen LogP contribution in [0.3, 0.4) is 0 Å². The zero-order valence-corrected chi connectivity index (χ0v) is 14.5. The molecule has 0 rings (SSSR count). The molecule has 0 bridgehead atoms. The van der Waals surface area contributed by atoms with Crippen LogP contribution < -0.4 is 5.32 Å². The predicted octanol–water partition coefficient (Wildman–Crippen LogP) is 5.38. The van der Waals surface area contributed by atoms with Crippen molar-refractivity contribution in [1.82, 2.24) is 5.32 Å². The van der Waals surface area contributed by atoms with Gasteiger partial charge in [0.15, 0.2) is 0 Å². The van der Waals surface area contributed by atoms with Gasteiger partial charge in [-0.25, -0.2) is 4.79 Å². The maximum atomic E-state index is 11.8. The first-order chi connectivity index (χ1) is 10.9. The summed E-state index contributed by atoms with van der Waals surface area (Å²) in [5.74, 6) is 0. The second-order valence-electron chi connectivity index (χ2n) is 5.52. The largest absolute Gasteiger partial charge is 0.444 e. The van der Waals surface area contributed by atoms with Crippen LogP contribution in [-0.2, 0) is 4.74 Å². The third-order valence-corrected chi connectivity index (χ3v) is 2.19. The van der Waals surface area contributed by atoms with Crippen molar-refractivity contribution in [2.24, 2.45) is 0 Å². The van der Waals surface area contributed by atoms with Crippen molar-refractivity contribution in [3.63, 3.8) is 0 Å². The summed E-state index contributed by atoms with van der Waals surface area (Å²) >= 11 is 0. The van der Waals surface area contributed by atoms with Gasteiger partial charge in [0.25, 0.3) is 0 Å². The van der Waals surface area contributed by atoms with Crippen LogP contribution in [0.5, 0.6) is 0 Å². The summed E-state index contributed by atoms with van der Waals surface area (Å²) in [6.07, 6.45) is 21.7. The number of hydrogen-bond donors (Lipinski definition) is 1. The van der Waals surface area contributed by atoms with E-state index in [0.29, 0.717) is 5.70 Å². The lowest BCUT2D eigenvalue weighted by molar-refractivity contribution is 0.0548. The van der Waals surface area contributed by atoms with Crippen molar-refractivity contribution in [2.75, 3.05) is 0 Å². The molecule has 124 valence electrons. The number of amides is 1. The zero-order valence-electron chi connectivity index (χ0n) is 14.5. The number of nitrogens with one attached hydrogen (secondary N) is 1. The summed E-state index contributed by atoms with van der Waals surface area (Å²) in [7, 11) is 0. The van der Waals surface area contributed by atoms with Crippen molar-refractivity contribution in [3.05, 3.63) is 85.2 Å². The maximum absolute atomic E-state index is 11.8. The van der Waals surface area contributed by atoms with E-state index in [1.54, 1.807) is 30.4 Å². The van der Waals surface area contributed by atoms with Crippen LogP contribution in [0.15, 0.2) is 85.2 Å². The van der Waals surface area contributed by atoms with Crippen molar-refractivity contribution < 1.29 is 9.53 Å². The van der Waals surface area contributed by atoms with Crippen LogP contribution >= 0.6 is 0 Å². The molecule has 0 aliphatic heterocycles. The van der Waals surface area contributed by atoms with Crippen molar-refractivity contribution in [1.29, 1.82) is 0 Å². The quantitative estimate of drug-likeness (QED) is 0.641. The lowest BCUT2D eigenvalue weighted by atomic mass is 10.2. The fourth-order valence-electron chi connectivity index (χ4n) is 1.33. The molecular formula is C20H27NO2. The third kappa shape index (κ3) is 14.2. The maximum Gasteiger partial charge on any atom is 0.412 e. The Balaban J connectivity index is 4.82. The molecule has 0 heterocycles. The molecule has 0 aliphatic carbocycles. The summed E-state index contributed by atoms with van der Waals surface area (Å²) < 4.78 is 5.24. The monoisotopic (exact) mass is 313 g/mol. The van der Waals surface area contributed by atoms with Gasteiger partial charge in [-0.1, -0.05) is 67.3 Å².